The van der Waals surface area contributed by atoms with Crippen molar-refractivity contribution in [1.82, 2.24) is 20.6 Å². The molecular weight excluding hydrogens is 298 g/mol. The number of hydrogen-bond donors (Lipinski definition) is 3. The Morgan fingerprint density at radius 1 is 1.04 bits per heavy atom. The molecule has 0 aliphatic heterocycles. The predicted molar refractivity (Wildman–Crippen MR) is 82.5 cm³/mol. The molecule has 0 saturated heterocycles. The summed E-state index contributed by atoms with van der Waals surface area (Å²) in [5, 5.41) is 16.6. The van der Waals surface area contributed by atoms with Crippen LogP contribution in [0.25, 0.3) is 0 Å². The second-order valence-corrected chi connectivity index (χ2v) is 4.46. The minimum Gasteiger partial charge on any atom is -0.411 e. The zero-order chi connectivity index (χ0) is 16.5. The normalized spacial score (nSPS) is 10.4. The molecule has 118 valence electrons. The summed E-state index contributed by atoms with van der Waals surface area (Å²) in [7, 11) is 0. The average molecular weight is 313 g/mol. The fourth-order valence-corrected chi connectivity index (χ4v) is 1.73. The number of aromatic nitrogens is 2. The van der Waals surface area contributed by atoms with E-state index in [1.807, 2.05) is 0 Å². The van der Waals surface area contributed by atoms with Gasteiger partial charge in [-0.25, -0.2) is 0 Å². The highest BCUT2D eigenvalue weighted by atomic mass is 16.4. The molecule has 8 nitrogen and oxygen atoms in total. The minimum absolute atomic E-state index is 0.226. The van der Waals surface area contributed by atoms with Gasteiger partial charge in [0.25, 0.3) is 11.8 Å². The molecule has 0 aromatic carbocycles. The number of nitrogens with zero attached hydrogens (tertiary/aromatic N) is 3. The highest BCUT2D eigenvalue weighted by molar-refractivity contribution is 5.95. The molecule has 0 atom stereocenters. The number of hydrogen-bond acceptors (Lipinski definition) is 6. The molecule has 23 heavy (non-hydrogen) atoms. The van der Waals surface area contributed by atoms with Crippen LogP contribution in [0.5, 0.6) is 0 Å². The molecule has 0 saturated carbocycles. The van der Waals surface area contributed by atoms with E-state index in [0.717, 1.165) is 6.21 Å². The van der Waals surface area contributed by atoms with Crippen molar-refractivity contribution < 1.29 is 14.8 Å². The maximum atomic E-state index is 11.9. The van der Waals surface area contributed by atoms with Gasteiger partial charge in [0.1, 0.15) is 0 Å². The van der Waals surface area contributed by atoms with E-state index in [2.05, 4.69) is 25.8 Å². The van der Waals surface area contributed by atoms with Crippen LogP contribution in [-0.4, -0.2) is 46.3 Å². The maximum absolute atomic E-state index is 11.9. The van der Waals surface area contributed by atoms with E-state index < -0.39 is 0 Å². The molecule has 0 bridgehead atoms. The number of rotatable bonds is 6. The predicted octanol–water partition coefficient (Wildman–Crippen LogP) is 0.444. The van der Waals surface area contributed by atoms with Gasteiger partial charge < -0.3 is 15.8 Å². The van der Waals surface area contributed by atoms with Crippen molar-refractivity contribution in [1.29, 1.82) is 0 Å². The summed E-state index contributed by atoms with van der Waals surface area (Å²) in [6.07, 6.45) is 5.61. The highest BCUT2D eigenvalue weighted by Gasteiger charge is 2.06. The van der Waals surface area contributed by atoms with Crippen molar-refractivity contribution in [3.63, 3.8) is 0 Å². The Hall–Kier alpha value is -3.29. The van der Waals surface area contributed by atoms with E-state index >= 15 is 0 Å². The van der Waals surface area contributed by atoms with Gasteiger partial charge in [-0.2, -0.15) is 0 Å². The van der Waals surface area contributed by atoms with Gasteiger partial charge in [-0.3, -0.25) is 19.6 Å². The number of pyridine rings is 2. The lowest BCUT2D eigenvalue weighted by atomic mass is 10.2. The van der Waals surface area contributed by atoms with Crippen LogP contribution in [0.3, 0.4) is 0 Å². The van der Waals surface area contributed by atoms with Crippen LogP contribution in [0, 0.1) is 0 Å². The van der Waals surface area contributed by atoms with Crippen LogP contribution < -0.4 is 10.6 Å². The molecule has 0 spiro atoms. The number of oxime groups is 1. The summed E-state index contributed by atoms with van der Waals surface area (Å²) in [5.41, 5.74) is 1.32. The Bertz CT molecular complexity index is 686. The van der Waals surface area contributed by atoms with Crippen molar-refractivity contribution in [2.75, 3.05) is 13.1 Å². The van der Waals surface area contributed by atoms with Crippen molar-refractivity contribution in [3.05, 3.63) is 59.7 Å². The minimum atomic E-state index is -0.303. The molecule has 0 aliphatic rings. The molecule has 2 aromatic heterocycles. The topological polar surface area (TPSA) is 117 Å². The van der Waals surface area contributed by atoms with Crippen LogP contribution in [0.1, 0.15) is 26.4 Å². The third-order valence-corrected chi connectivity index (χ3v) is 2.88. The molecule has 2 rings (SSSR count). The van der Waals surface area contributed by atoms with Gasteiger partial charge in [-0.05, 0) is 24.3 Å². The third-order valence-electron chi connectivity index (χ3n) is 2.88. The summed E-state index contributed by atoms with van der Waals surface area (Å²) in [6, 6.07) is 6.34. The van der Waals surface area contributed by atoms with Gasteiger partial charge in [0.2, 0.25) is 0 Å². The summed E-state index contributed by atoms with van der Waals surface area (Å²) in [4.78, 5) is 31.4. The molecule has 0 aliphatic carbocycles. The summed E-state index contributed by atoms with van der Waals surface area (Å²) in [5.74, 6) is -0.529. The molecule has 2 amide bonds. The quantitative estimate of drug-likeness (QED) is 0.310. The molecule has 2 aromatic rings. The fourth-order valence-electron chi connectivity index (χ4n) is 1.73. The number of nitrogens with one attached hydrogen (secondary N) is 2. The Labute approximate surface area is 132 Å². The van der Waals surface area contributed by atoms with E-state index in [9.17, 15) is 9.59 Å². The van der Waals surface area contributed by atoms with Gasteiger partial charge in [0.15, 0.2) is 0 Å². The van der Waals surface area contributed by atoms with Crippen molar-refractivity contribution in [2.45, 2.75) is 0 Å². The maximum Gasteiger partial charge on any atom is 0.252 e. The van der Waals surface area contributed by atoms with Gasteiger partial charge in [0, 0.05) is 37.2 Å². The molecule has 0 radical (unpaired) electrons. The molecular formula is C15H15N5O3. The van der Waals surface area contributed by atoms with Crippen LogP contribution in [0.4, 0.5) is 0 Å². The van der Waals surface area contributed by atoms with Crippen LogP contribution in [-0.2, 0) is 0 Å². The van der Waals surface area contributed by atoms with Crippen LogP contribution >= 0.6 is 0 Å². The smallest absolute Gasteiger partial charge is 0.252 e. The van der Waals surface area contributed by atoms with E-state index in [4.69, 9.17) is 5.21 Å². The lowest BCUT2D eigenvalue weighted by Gasteiger charge is -2.07. The molecule has 8 heteroatoms. The summed E-state index contributed by atoms with van der Waals surface area (Å²) < 4.78 is 0. The first-order valence-corrected chi connectivity index (χ1v) is 6.80. The van der Waals surface area contributed by atoms with E-state index in [1.165, 1.54) is 18.6 Å². The zero-order valence-corrected chi connectivity index (χ0v) is 12.1. The SMILES string of the molecule is O=C(NCCNC(=O)c1ccc(/C=N\O)nc1)c1ccncc1. The first-order chi connectivity index (χ1) is 11.2. The molecule has 3 N–H and O–H groups in total. The zero-order valence-electron chi connectivity index (χ0n) is 12.1. The lowest BCUT2D eigenvalue weighted by molar-refractivity contribution is 0.0927. The van der Waals surface area contributed by atoms with Gasteiger partial charge in [-0.1, -0.05) is 5.16 Å². The largest absolute Gasteiger partial charge is 0.411 e. The van der Waals surface area contributed by atoms with Gasteiger partial charge in [-0.15, -0.1) is 0 Å². The van der Waals surface area contributed by atoms with Crippen molar-refractivity contribution in [3.8, 4) is 0 Å². The Kier molecular flexibility index (Phi) is 5.75. The fraction of sp³-hybridized carbons (Fsp3) is 0.133. The first-order valence-electron chi connectivity index (χ1n) is 6.80. The van der Waals surface area contributed by atoms with Crippen LogP contribution in [0.2, 0.25) is 0 Å². The van der Waals surface area contributed by atoms with Crippen molar-refractivity contribution >= 4 is 18.0 Å². The Balaban J connectivity index is 1.75. The van der Waals surface area contributed by atoms with E-state index in [-0.39, 0.29) is 18.4 Å². The van der Waals surface area contributed by atoms with Crippen molar-refractivity contribution in [2.24, 2.45) is 5.16 Å². The standard InChI is InChI=1S/C15H15N5O3/c21-14(11-3-5-16-6-4-11)17-7-8-18-15(22)12-1-2-13(10-20-23)19-9-12/h1-6,9-10,23H,7-8H2,(H,17,21)(H,18,22)/b20-10-. The number of carbonyl (C=O) groups is 2. The van der Waals surface area contributed by atoms with Crippen LogP contribution in [0.15, 0.2) is 48.0 Å². The Morgan fingerprint density at radius 2 is 1.70 bits per heavy atom. The molecule has 0 unspecified atom stereocenters. The second-order valence-electron chi connectivity index (χ2n) is 4.46. The van der Waals surface area contributed by atoms with Gasteiger partial charge >= 0.3 is 0 Å². The van der Waals surface area contributed by atoms with Gasteiger partial charge in [0.05, 0.1) is 17.5 Å². The first kappa shape index (κ1) is 16.1. The van der Waals surface area contributed by atoms with E-state index in [1.54, 1.807) is 24.3 Å². The monoisotopic (exact) mass is 313 g/mol. The number of amides is 2. The Morgan fingerprint density at radius 3 is 2.26 bits per heavy atom. The average Bonchev–Trinajstić information content (AvgIpc) is 2.60. The third kappa shape index (κ3) is 4.88. The number of carbonyl (C=O) groups excluding carboxylic acids is 2. The second kappa shape index (κ2) is 8.23. The lowest BCUT2D eigenvalue weighted by Crippen LogP contribution is -2.34. The highest BCUT2D eigenvalue weighted by Crippen LogP contribution is 1.99. The molecule has 0 fully saturated rings. The molecule has 2 heterocycles. The van der Waals surface area contributed by atoms with E-state index in [0.29, 0.717) is 23.4 Å². The summed E-state index contributed by atoms with van der Waals surface area (Å²) in [6.45, 7) is 0.588. The summed E-state index contributed by atoms with van der Waals surface area (Å²) >= 11 is 0.